The molecule has 0 unspecified atom stereocenters. The summed E-state index contributed by atoms with van der Waals surface area (Å²) in [5.41, 5.74) is 1.28. The highest BCUT2D eigenvalue weighted by Gasteiger charge is 2.18. The highest BCUT2D eigenvalue weighted by atomic mass is 127. The molecule has 0 aliphatic heterocycles. The molecule has 1 saturated carbocycles. The molecule has 1 heterocycles. The summed E-state index contributed by atoms with van der Waals surface area (Å²) in [5, 5.41) is 12.0. The van der Waals surface area contributed by atoms with Crippen LogP contribution in [0.25, 0.3) is 0 Å². The van der Waals surface area contributed by atoms with Crippen LogP contribution in [-0.2, 0) is 20.1 Å². The Hall–Kier alpha value is -1.64. The molecular weight excluding hydrogens is 439 g/mol. The van der Waals surface area contributed by atoms with Crippen molar-refractivity contribution in [2.45, 2.75) is 51.7 Å². The van der Waals surface area contributed by atoms with Gasteiger partial charge in [0, 0.05) is 26.7 Å². The predicted octanol–water partition coefficient (Wildman–Crippen LogP) is 3.26. The van der Waals surface area contributed by atoms with E-state index in [0.717, 1.165) is 24.2 Å². The monoisotopic (exact) mass is 468 g/mol. The Morgan fingerprint density at radius 3 is 2.54 bits per heavy atom. The average molecular weight is 468 g/mol. The van der Waals surface area contributed by atoms with Gasteiger partial charge >= 0.3 is 0 Å². The minimum absolute atomic E-state index is 0. The lowest BCUT2D eigenvalue weighted by Crippen LogP contribution is -2.43. The molecule has 1 aromatic carbocycles. The molecule has 0 atom stereocenters. The highest BCUT2D eigenvalue weighted by molar-refractivity contribution is 14.0. The number of nitrogens with one attached hydrogen (secondary N) is 1. The topological polar surface area (TPSA) is 58.3 Å². The second-order valence-electron chi connectivity index (χ2n) is 6.83. The van der Waals surface area contributed by atoms with Crippen molar-refractivity contribution in [2.24, 2.45) is 12.0 Å². The maximum Gasteiger partial charge on any atom is 0.194 e. The summed E-state index contributed by atoms with van der Waals surface area (Å²) in [7, 11) is 4.08. The van der Waals surface area contributed by atoms with Crippen LogP contribution in [-0.4, -0.2) is 38.7 Å². The third kappa shape index (κ3) is 5.43. The molecule has 2 aromatic rings. The summed E-state index contributed by atoms with van der Waals surface area (Å²) >= 11 is 0. The Bertz CT molecular complexity index is 706. The molecule has 26 heavy (non-hydrogen) atoms. The molecule has 142 valence electrons. The molecule has 0 spiro atoms. The number of hydrogen-bond acceptors (Lipinski definition) is 3. The van der Waals surface area contributed by atoms with Crippen molar-refractivity contribution >= 4 is 29.9 Å². The number of rotatable bonds is 5. The van der Waals surface area contributed by atoms with E-state index in [9.17, 15) is 0 Å². The summed E-state index contributed by atoms with van der Waals surface area (Å²) in [6.07, 6.45) is 5.05. The molecule has 6 nitrogen and oxygen atoms in total. The van der Waals surface area contributed by atoms with Crippen molar-refractivity contribution in [3.63, 3.8) is 0 Å². The van der Waals surface area contributed by atoms with Gasteiger partial charge in [-0.25, -0.2) is 4.99 Å². The van der Waals surface area contributed by atoms with Gasteiger partial charge in [-0.2, -0.15) is 0 Å². The van der Waals surface area contributed by atoms with Crippen molar-refractivity contribution < 1.29 is 0 Å². The van der Waals surface area contributed by atoms with Crippen molar-refractivity contribution in [3.8, 4) is 0 Å². The molecule has 0 bridgehead atoms. The van der Waals surface area contributed by atoms with Gasteiger partial charge in [0.25, 0.3) is 0 Å². The van der Waals surface area contributed by atoms with Crippen molar-refractivity contribution in [1.29, 1.82) is 0 Å². The normalized spacial score (nSPS) is 15.0. The Labute approximate surface area is 173 Å². The lowest BCUT2D eigenvalue weighted by atomic mass is 10.2. The number of guanidine groups is 1. The van der Waals surface area contributed by atoms with Gasteiger partial charge < -0.3 is 14.8 Å². The fraction of sp³-hybridized carbons (Fsp3) is 0.526. The molecule has 1 N–H and O–H groups in total. The smallest absolute Gasteiger partial charge is 0.194 e. The number of aliphatic imine (C=N–C) groups is 1. The van der Waals surface area contributed by atoms with Crippen LogP contribution in [0, 0.1) is 6.92 Å². The molecule has 0 amide bonds. The average Bonchev–Trinajstić information content (AvgIpc) is 3.24. The third-order valence-corrected chi connectivity index (χ3v) is 4.87. The van der Waals surface area contributed by atoms with Crippen LogP contribution < -0.4 is 5.32 Å². The van der Waals surface area contributed by atoms with Crippen LogP contribution in [0.5, 0.6) is 0 Å². The van der Waals surface area contributed by atoms with Crippen LogP contribution in [0.2, 0.25) is 0 Å². The van der Waals surface area contributed by atoms with Crippen molar-refractivity contribution in [1.82, 2.24) is 25.0 Å². The van der Waals surface area contributed by atoms with Gasteiger partial charge in [-0.3, -0.25) is 0 Å². The van der Waals surface area contributed by atoms with Gasteiger partial charge in [-0.15, -0.1) is 34.2 Å². The van der Waals surface area contributed by atoms with Crippen LogP contribution in [0.15, 0.2) is 35.3 Å². The van der Waals surface area contributed by atoms with E-state index < -0.39 is 0 Å². The minimum atomic E-state index is 0. The van der Waals surface area contributed by atoms with E-state index in [2.05, 4.69) is 51.7 Å². The standard InChI is InChI=1S/C19H28N6.HI/c1-15-22-23-18(25(15)3)13-20-19(21-17-11-7-8-12-17)24(2)14-16-9-5-4-6-10-16;/h4-6,9-10,17H,7-8,11-14H2,1-3H3,(H,20,21);1H. The fourth-order valence-corrected chi connectivity index (χ4v) is 3.20. The van der Waals surface area contributed by atoms with Gasteiger partial charge in [0.1, 0.15) is 12.4 Å². The van der Waals surface area contributed by atoms with E-state index in [1.54, 1.807) is 0 Å². The summed E-state index contributed by atoms with van der Waals surface area (Å²) in [6.45, 7) is 3.32. The van der Waals surface area contributed by atoms with Gasteiger partial charge in [-0.1, -0.05) is 43.2 Å². The van der Waals surface area contributed by atoms with E-state index in [-0.39, 0.29) is 24.0 Å². The summed E-state index contributed by atoms with van der Waals surface area (Å²) in [5.74, 6) is 2.74. The predicted molar refractivity (Wildman–Crippen MR) is 116 cm³/mol. The second-order valence-corrected chi connectivity index (χ2v) is 6.83. The van der Waals surface area contributed by atoms with Gasteiger partial charge in [0.05, 0.1) is 0 Å². The number of nitrogens with zero attached hydrogens (tertiary/aromatic N) is 5. The summed E-state index contributed by atoms with van der Waals surface area (Å²) in [6, 6.07) is 11.0. The molecule has 1 aliphatic rings. The number of halogens is 1. The zero-order chi connectivity index (χ0) is 17.6. The number of aryl methyl sites for hydroxylation is 1. The molecule has 0 radical (unpaired) electrons. The largest absolute Gasteiger partial charge is 0.353 e. The first-order valence-electron chi connectivity index (χ1n) is 9.04. The van der Waals surface area contributed by atoms with Gasteiger partial charge in [-0.05, 0) is 25.3 Å². The molecule has 1 aliphatic carbocycles. The van der Waals surface area contributed by atoms with E-state index >= 15 is 0 Å². The van der Waals surface area contributed by atoms with Crippen LogP contribution in [0.1, 0.15) is 42.9 Å². The Kier molecular flexibility index (Phi) is 7.86. The Balaban J connectivity index is 0.00000243. The highest BCUT2D eigenvalue weighted by Crippen LogP contribution is 2.18. The minimum Gasteiger partial charge on any atom is -0.353 e. The van der Waals surface area contributed by atoms with E-state index in [4.69, 9.17) is 4.99 Å². The first-order chi connectivity index (χ1) is 12.1. The molecule has 7 heteroatoms. The Morgan fingerprint density at radius 2 is 1.92 bits per heavy atom. The molecule has 1 fully saturated rings. The summed E-state index contributed by atoms with van der Waals surface area (Å²) in [4.78, 5) is 7.03. The number of aromatic nitrogens is 3. The number of hydrogen-bond donors (Lipinski definition) is 1. The molecule has 0 saturated heterocycles. The van der Waals surface area contributed by atoms with Crippen molar-refractivity contribution in [3.05, 3.63) is 47.5 Å². The van der Waals surface area contributed by atoms with Gasteiger partial charge in [0.15, 0.2) is 11.8 Å². The maximum absolute atomic E-state index is 4.84. The lowest BCUT2D eigenvalue weighted by molar-refractivity contribution is 0.456. The van der Waals surface area contributed by atoms with Crippen LogP contribution >= 0.6 is 24.0 Å². The van der Waals surface area contributed by atoms with Crippen LogP contribution in [0.3, 0.4) is 0 Å². The van der Waals surface area contributed by atoms with Gasteiger partial charge in [0.2, 0.25) is 0 Å². The second kappa shape index (κ2) is 9.89. The number of benzene rings is 1. The zero-order valence-electron chi connectivity index (χ0n) is 15.9. The first-order valence-corrected chi connectivity index (χ1v) is 9.04. The fourth-order valence-electron chi connectivity index (χ4n) is 3.20. The van der Waals surface area contributed by atoms with Crippen LogP contribution in [0.4, 0.5) is 0 Å². The molecular formula is C19H29IN6. The lowest BCUT2D eigenvalue weighted by Gasteiger charge is -2.25. The van der Waals surface area contributed by atoms with Crippen molar-refractivity contribution in [2.75, 3.05) is 7.05 Å². The third-order valence-electron chi connectivity index (χ3n) is 4.87. The maximum atomic E-state index is 4.84. The zero-order valence-corrected chi connectivity index (χ0v) is 18.2. The van der Waals surface area contributed by atoms with E-state index in [0.29, 0.717) is 12.6 Å². The SMILES string of the molecule is Cc1nnc(CN=C(NC2CCCC2)N(C)Cc2ccccc2)n1C.I. The molecule has 1 aromatic heterocycles. The summed E-state index contributed by atoms with van der Waals surface area (Å²) < 4.78 is 1.99. The first kappa shape index (κ1) is 20.7. The molecule has 3 rings (SSSR count). The van der Waals surface area contributed by atoms with E-state index in [1.165, 1.54) is 31.2 Å². The van der Waals surface area contributed by atoms with E-state index in [1.807, 2.05) is 24.6 Å². The Morgan fingerprint density at radius 1 is 1.23 bits per heavy atom. The quantitative estimate of drug-likeness (QED) is 0.416.